The Balaban J connectivity index is 2.35. The summed E-state index contributed by atoms with van der Waals surface area (Å²) in [5.74, 6) is -0.550. The van der Waals surface area contributed by atoms with Crippen LogP contribution in [-0.2, 0) is 4.79 Å². The Morgan fingerprint density at radius 3 is 2.50 bits per heavy atom. The van der Waals surface area contributed by atoms with Crippen LogP contribution in [0, 0.1) is 5.92 Å². The quantitative estimate of drug-likeness (QED) is 0.682. The van der Waals surface area contributed by atoms with Crippen molar-refractivity contribution in [1.29, 1.82) is 0 Å². The van der Waals surface area contributed by atoms with Crippen molar-refractivity contribution in [3.63, 3.8) is 0 Å². The Labute approximate surface area is 95.6 Å². The molecule has 16 heavy (non-hydrogen) atoms. The molecule has 1 aliphatic carbocycles. The topological polar surface area (TPSA) is 78.4 Å². The van der Waals surface area contributed by atoms with Crippen molar-refractivity contribution in [2.45, 2.75) is 51.6 Å². The maximum absolute atomic E-state index is 11.5. The van der Waals surface area contributed by atoms with Gasteiger partial charge in [-0.2, -0.15) is 0 Å². The molecule has 1 rings (SSSR count). The summed E-state index contributed by atoms with van der Waals surface area (Å²) in [6, 6.07) is -1.05. The predicted octanol–water partition coefficient (Wildman–Crippen LogP) is 1.34. The molecule has 0 heterocycles. The first kappa shape index (κ1) is 12.8. The van der Waals surface area contributed by atoms with E-state index in [-0.39, 0.29) is 12.1 Å². The number of carboxylic acid groups (broad SMARTS) is 1. The maximum Gasteiger partial charge on any atom is 0.325 e. The van der Waals surface area contributed by atoms with Crippen LogP contribution < -0.4 is 10.6 Å². The van der Waals surface area contributed by atoms with Gasteiger partial charge >= 0.3 is 12.0 Å². The molecule has 2 unspecified atom stereocenters. The van der Waals surface area contributed by atoms with Gasteiger partial charge in [0.25, 0.3) is 0 Å². The normalized spacial score (nSPS) is 26.9. The average molecular weight is 228 g/mol. The van der Waals surface area contributed by atoms with Gasteiger partial charge in [-0.1, -0.05) is 19.8 Å². The molecule has 1 aliphatic rings. The third-order valence-corrected chi connectivity index (χ3v) is 3.15. The van der Waals surface area contributed by atoms with Crippen molar-refractivity contribution in [2.75, 3.05) is 0 Å². The van der Waals surface area contributed by atoms with Crippen molar-refractivity contribution in [1.82, 2.24) is 10.6 Å². The molecule has 0 spiro atoms. The Morgan fingerprint density at radius 2 is 1.94 bits per heavy atom. The third-order valence-electron chi connectivity index (χ3n) is 3.15. The van der Waals surface area contributed by atoms with E-state index in [9.17, 15) is 9.59 Å². The Hall–Kier alpha value is -1.26. The number of carboxylic acids is 1. The van der Waals surface area contributed by atoms with Gasteiger partial charge in [-0.25, -0.2) is 4.79 Å². The summed E-state index contributed by atoms with van der Waals surface area (Å²) in [6.07, 6.45) is 4.45. The first-order chi connectivity index (χ1) is 7.50. The van der Waals surface area contributed by atoms with E-state index in [0.29, 0.717) is 5.92 Å². The van der Waals surface area contributed by atoms with Gasteiger partial charge in [0.15, 0.2) is 0 Å². The molecule has 0 saturated heterocycles. The van der Waals surface area contributed by atoms with Crippen LogP contribution in [0.25, 0.3) is 0 Å². The zero-order valence-corrected chi connectivity index (χ0v) is 9.82. The summed E-state index contributed by atoms with van der Waals surface area (Å²) in [6.45, 7) is 3.57. The largest absolute Gasteiger partial charge is 0.480 e. The molecule has 3 N–H and O–H groups in total. The van der Waals surface area contributed by atoms with E-state index in [2.05, 4.69) is 17.6 Å². The number of hydrogen-bond acceptors (Lipinski definition) is 2. The lowest BCUT2D eigenvalue weighted by molar-refractivity contribution is -0.138. The molecule has 5 nitrogen and oxygen atoms in total. The maximum atomic E-state index is 11.5. The van der Waals surface area contributed by atoms with Crippen LogP contribution in [0.2, 0.25) is 0 Å². The highest BCUT2D eigenvalue weighted by molar-refractivity contribution is 5.82. The summed E-state index contributed by atoms with van der Waals surface area (Å²) < 4.78 is 0. The van der Waals surface area contributed by atoms with Gasteiger partial charge < -0.3 is 15.7 Å². The molecule has 0 aromatic heterocycles. The van der Waals surface area contributed by atoms with Crippen molar-refractivity contribution in [3.8, 4) is 0 Å². The van der Waals surface area contributed by atoms with Gasteiger partial charge in [0.05, 0.1) is 0 Å². The molecule has 0 aromatic carbocycles. The fourth-order valence-electron chi connectivity index (χ4n) is 2.00. The van der Waals surface area contributed by atoms with Crippen molar-refractivity contribution < 1.29 is 14.7 Å². The van der Waals surface area contributed by atoms with E-state index >= 15 is 0 Å². The highest BCUT2D eigenvalue weighted by Crippen LogP contribution is 2.23. The van der Waals surface area contributed by atoms with Gasteiger partial charge in [0, 0.05) is 6.04 Å². The number of carbonyl (C=O) groups excluding carboxylic acids is 1. The first-order valence-corrected chi connectivity index (χ1v) is 5.80. The van der Waals surface area contributed by atoms with E-state index in [1.165, 1.54) is 13.3 Å². The van der Waals surface area contributed by atoms with Crippen LogP contribution in [0.5, 0.6) is 0 Å². The van der Waals surface area contributed by atoms with Crippen LogP contribution in [0.1, 0.15) is 39.5 Å². The lowest BCUT2D eigenvalue weighted by Crippen LogP contribution is -2.50. The summed E-state index contributed by atoms with van der Waals surface area (Å²) in [5, 5.41) is 13.9. The van der Waals surface area contributed by atoms with Crippen LogP contribution in [-0.4, -0.2) is 29.2 Å². The van der Waals surface area contributed by atoms with Crippen LogP contribution in [0.15, 0.2) is 0 Å². The molecule has 92 valence electrons. The standard InChI is InChI=1S/C11H20N2O3/c1-7-5-3-4-6-9(7)13-11(16)12-8(2)10(14)15/h7-9H,3-6H2,1-2H3,(H,14,15)(H2,12,13,16)/t7?,8-,9?/m0/s1. The third kappa shape index (κ3) is 3.72. The van der Waals surface area contributed by atoms with Gasteiger partial charge in [0.2, 0.25) is 0 Å². The fourth-order valence-corrected chi connectivity index (χ4v) is 2.00. The second-order valence-corrected chi connectivity index (χ2v) is 4.55. The lowest BCUT2D eigenvalue weighted by atomic mass is 9.86. The summed E-state index contributed by atoms with van der Waals surface area (Å²) in [7, 11) is 0. The van der Waals surface area contributed by atoms with Crippen LogP contribution in [0.4, 0.5) is 4.79 Å². The minimum absolute atomic E-state index is 0.176. The smallest absolute Gasteiger partial charge is 0.325 e. The lowest BCUT2D eigenvalue weighted by Gasteiger charge is -2.29. The van der Waals surface area contributed by atoms with Crippen molar-refractivity contribution >= 4 is 12.0 Å². The number of urea groups is 1. The number of rotatable bonds is 3. The molecular weight excluding hydrogens is 208 g/mol. The van der Waals surface area contributed by atoms with Crippen molar-refractivity contribution in [3.05, 3.63) is 0 Å². The van der Waals surface area contributed by atoms with E-state index in [0.717, 1.165) is 19.3 Å². The second kappa shape index (κ2) is 5.72. The average Bonchev–Trinajstić information content (AvgIpc) is 2.21. The fraction of sp³-hybridized carbons (Fsp3) is 0.818. The van der Waals surface area contributed by atoms with Gasteiger partial charge in [-0.05, 0) is 25.7 Å². The van der Waals surface area contributed by atoms with Gasteiger partial charge in [-0.15, -0.1) is 0 Å². The SMILES string of the molecule is CC1CCCCC1NC(=O)N[C@@H](C)C(=O)O. The predicted molar refractivity (Wildman–Crippen MR) is 60.2 cm³/mol. The van der Waals surface area contributed by atoms with E-state index in [1.807, 2.05) is 0 Å². The molecule has 1 saturated carbocycles. The highest BCUT2D eigenvalue weighted by Gasteiger charge is 2.23. The van der Waals surface area contributed by atoms with E-state index in [1.54, 1.807) is 0 Å². The minimum atomic E-state index is -1.02. The number of aliphatic carboxylic acids is 1. The first-order valence-electron chi connectivity index (χ1n) is 5.80. The number of hydrogen-bond donors (Lipinski definition) is 3. The van der Waals surface area contributed by atoms with E-state index < -0.39 is 12.0 Å². The zero-order chi connectivity index (χ0) is 12.1. The minimum Gasteiger partial charge on any atom is -0.480 e. The number of nitrogens with one attached hydrogen (secondary N) is 2. The Morgan fingerprint density at radius 1 is 1.31 bits per heavy atom. The summed E-state index contributed by atoms with van der Waals surface area (Å²) in [4.78, 5) is 22.0. The highest BCUT2D eigenvalue weighted by atomic mass is 16.4. The number of amides is 2. The number of carbonyl (C=O) groups is 2. The summed E-state index contributed by atoms with van der Waals surface area (Å²) in [5.41, 5.74) is 0. The van der Waals surface area contributed by atoms with Crippen LogP contribution >= 0.6 is 0 Å². The molecule has 0 bridgehead atoms. The zero-order valence-electron chi connectivity index (χ0n) is 9.82. The molecular formula is C11H20N2O3. The Kier molecular flexibility index (Phi) is 4.58. The van der Waals surface area contributed by atoms with Gasteiger partial charge in [0.1, 0.15) is 6.04 Å². The molecule has 0 radical (unpaired) electrons. The second-order valence-electron chi connectivity index (χ2n) is 4.55. The molecule has 2 amide bonds. The molecule has 0 aliphatic heterocycles. The van der Waals surface area contributed by atoms with E-state index in [4.69, 9.17) is 5.11 Å². The molecule has 5 heteroatoms. The molecule has 1 fully saturated rings. The van der Waals surface area contributed by atoms with Gasteiger partial charge in [-0.3, -0.25) is 4.79 Å². The Bertz CT molecular complexity index is 268. The molecule has 3 atom stereocenters. The summed E-state index contributed by atoms with van der Waals surface area (Å²) >= 11 is 0. The molecule has 0 aromatic rings. The van der Waals surface area contributed by atoms with Crippen molar-refractivity contribution in [2.24, 2.45) is 5.92 Å². The monoisotopic (exact) mass is 228 g/mol. The van der Waals surface area contributed by atoms with Crippen LogP contribution in [0.3, 0.4) is 0 Å².